The molecule has 13 nitrogen and oxygen atoms in total. The van der Waals surface area contributed by atoms with Crippen LogP contribution in [0, 0.1) is 0 Å². The second-order valence-electron chi connectivity index (χ2n) is 27.0. The van der Waals surface area contributed by atoms with Crippen LogP contribution in [0.2, 0.25) is 0 Å². The Labute approximate surface area is 659 Å². The van der Waals surface area contributed by atoms with E-state index in [-0.39, 0.29) is 0 Å². The molecule has 19 rings (SSSR count). The van der Waals surface area contributed by atoms with Gasteiger partial charge in [-0.15, -0.1) is 0 Å². The maximum Gasteiger partial charge on any atom is 0.160 e. The minimum atomic E-state index is 0.624. The van der Waals surface area contributed by atoms with Crippen LogP contribution in [-0.4, -0.2) is 64.8 Å². The Morgan fingerprint density at radius 2 is 0.307 bits per heavy atom. The zero-order chi connectivity index (χ0) is 76.2. The zero-order valence-electron chi connectivity index (χ0n) is 61.5. The van der Waals surface area contributed by atoms with Crippen LogP contribution in [0.4, 0.5) is 0 Å². The maximum atomic E-state index is 5.22. The number of aromatic nitrogens is 13. The SMILES string of the molecule is c1ccc(-c2ccc(-c3cc(-c4ccc(-c5cccc(-c6ccccn6)n5)cc4)nc(-c4ccc(-c5cccc(-c6ccccn6)n5)cc4)c3)cc2)nc1.c1ccc(-c2cccc(-c3ccc(-c4cc(-c5ccc(-c6cccc(-c7ccccn7)n6)cc5)nc(-c5ccc(-c6cccc(-c7ccccn7)n6)cc5)n4)cc3)n2)cc1. The molecular weight excluding hydrogens is 1400 g/mol. The van der Waals surface area contributed by atoms with Gasteiger partial charge in [-0.3, -0.25) is 24.9 Å². The fraction of sp³-hybridized carbons (Fsp3) is 0. The molecule has 0 fully saturated rings. The quantitative estimate of drug-likeness (QED) is 0.0845. The molecule has 0 spiro atoms. The van der Waals surface area contributed by atoms with Crippen molar-refractivity contribution in [3.05, 3.63) is 407 Å². The first-order chi connectivity index (χ1) is 56.4. The molecule has 7 aromatic carbocycles. The van der Waals surface area contributed by atoms with Crippen LogP contribution in [0.1, 0.15) is 0 Å². The number of nitrogens with zero attached hydrogens (tertiary/aromatic N) is 13. The van der Waals surface area contributed by atoms with E-state index in [0.717, 1.165) is 186 Å². The minimum Gasteiger partial charge on any atom is -0.256 e. The van der Waals surface area contributed by atoms with Gasteiger partial charge in [0.05, 0.1) is 108 Å². The van der Waals surface area contributed by atoms with Gasteiger partial charge in [0.25, 0.3) is 0 Å². The van der Waals surface area contributed by atoms with Gasteiger partial charge in [-0.2, -0.15) is 0 Å². The zero-order valence-corrected chi connectivity index (χ0v) is 61.5. The molecule has 0 aliphatic heterocycles. The van der Waals surface area contributed by atoms with E-state index in [4.69, 9.17) is 39.9 Å². The molecule has 0 N–H and O–H groups in total. The lowest BCUT2D eigenvalue weighted by atomic mass is 9.97. The Hall–Kier alpha value is -15.7. The van der Waals surface area contributed by atoms with Crippen LogP contribution < -0.4 is 0 Å². The molecule has 0 bridgehead atoms. The average Bonchev–Trinajstić information content (AvgIpc) is 0.768. The highest BCUT2D eigenvalue weighted by atomic mass is 14.9. The van der Waals surface area contributed by atoms with Crippen LogP contribution in [0.25, 0.3) is 192 Å². The predicted octanol–water partition coefficient (Wildman–Crippen LogP) is 23.8. The second kappa shape index (κ2) is 32.6. The molecule has 0 radical (unpaired) electrons. The standard InChI is InChI=1S/C53H35N7.C48H32N6/c1-2-11-36(12-3-1)43-15-8-16-44(56-43)37-21-25-40(26-22-37)51-35-52(41-27-23-38(24-28-41)45-17-9-19-49(57-45)47-13-4-6-33-54-47)60-53(59-51)42-31-29-39(30-32-42)46-18-10-20-50(58-46)48-14-5-7-34-55-48;1-4-28-49-40(9-1)34-18-16-33(17-19-34)39-31-47(37-24-20-35(21-25-37)41-12-7-14-45(52-41)43-10-2-5-29-50-43)54-48(32-39)38-26-22-36(23-27-38)42-13-8-15-46(53-42)44-11-3-6-30-51-44/h1-35H;1-32H. The molecule has 0 unspecified atom stereocenters. The van der Waals surface area contributed by atoms with Gasteiger partial charge in [0.1, 0.15) is 0 Å². The molecule has 0 aliphatic carbocycles. The van der Waals surface area contributed by atoms with Crippen molar-refractivity contribution in [2.45, 2.75) is 0 Å². The van der Waals surface area contributed by atoms with Gasteiger partial charge in [-0.25, -0.2) is 39.9 Å². The Kier molecular flexibility index (Phi) is 20.0. The van der Waals surface area contributed by atoms with E-state index in [1.165, 1.54) is 0 Å². The van der Waals surface area contributed by atoms with Crippen LogP contribution >= 0.6 is 0 Å². The summed E-state index contributed by atoms with van der Waals surface area (Å²) >= 11 is 0. The Bertz CT molecular complexity index is 6020. The van der Waals surface area contributed by atoms with Crippen LogP contribution in [-0.2, 0) is 0 Å². The molecule has 0 aliphatic rings. The molecule has 12 heterocycles. The minimum absolute atomic E-state index is 0.624. The molecule has 13 heteroatoms. The summed E-state index contributed by atoms with van der Waals surface area (Å²) in [6.07, 6.45) is 8.97. The van der Waals surface area contributed by atoms with Gasteiger partial charge < -0.3 is 0 Å². The molecule has 0 saturated heterocycles. The molecular formula is C101H67N13. The van der Waals surface area contributed by atoms with E-state index >= 15 is 0 Å². The topological polar surface area (TPSA) is 168 Å². The Balaban J connectivity index is 0.000000159. The van der Waals surface area contributed by atoms with Crippen molar-refractivity contribution in [2.24, 2.45) is 0 Å². The molecule has 536 valence electrons. The first kappa shape index (κ1) is 70.0. The van der Waals surface area contributed by atoms with Gasteiger partial charge in [-0.1, -0.05) is 237 Å². The third-order valence-corrected chi connectivity index (χ3v) is 19.6. The van der Waals surface area contributed by atoms with Gasteiger partial charge in [0.15, 0.2) is 5.82 Å². The van der Waals surface area contributed by atoms with Gasteiger partial charge in [0.2, 0.25) is 0 Å². The molecule has 0 amide bonds. The smallest absolute Gasteiger partial charge is 0.160 e. The molecule has 12 aromatic heterocycles. The van der Waals surface area contributed by atoms with E-state index in [0.29, 0.717) is 5.82 Å². The maximum absolute atomic E-state index is 5.22. The lowest BCUT2D eigenvalue weighted by molar-refractivity contribution is 1.18. The lowest BCUT2D eigenvalue weighted by Crippen LogP contribution is -1.96. The van der Waals surface area contributed by atoms with Gasteiger partial charge in [-0.05, 0) is 151 Å². The Morgan fingerprint density at radius 1 is 0.105 bits per heavy atom. The van der Waals surface area contributed by atoms with Gasteiger partial charge >= 0.3 is 0 Å². The summed E-state index contributed by atoms with van der Waals surface area (Å²) in [5.41, 5.74) is 30.7. The number of hydrogen-bond donors (Lipinski definition) is 0. The number of rotatable bonds is 17. The highest BCUT2D eigenvalue weighted by Crippen LogP contribution is 2.37. The summed E-state index contributed by atoms with van der Waals surface area (Å²) in [5, 5.41) is 0. The van der Waals surface area contributed by atoms with Gasteiger partial charge in [0, 0.05) is 97.7 Å². The Morgan fingerprint density at radius 3 is 0.596 bits per heavy atom. The first-order valence-corrected chi connectivity index (χ1v) is 37.5. The third kappa shape index (κ3) is 15.9. The largest absolute Gasteiger partial charge is 0.256 e. The summed E-state index contributed by atoms with van der Waals surface area (Å²) in [7, 11) is 0. The fourth-order valence-corrected chi connectivity index (χ4v) is 13.6. The number of hydrogen-bond acceptors (Lipinski definition) is 13. The van der Waals surface area contributed by atoms with Crippen molar-refractivity contribution >= 4 is 0 Å². The van der Waals surface area contributed by atoms with Crippen molar-refractivity contribution in [1.29, 1.82) is 0 Å². The molecule has 19 aromatic rings. The van der Waals surface area contributed by atoms with Crippen molar-refractivity contribution in [2.75, 3.05) is 0 Å². The molecule has 114 heavy (non-hydrogen) atoms. The summed E-state index contributed by atoms with van der Waals surface area (Å²) in [5.74, 6) is 0.624. The molecule has 0 saturated carbocycles. The highest BCUT2D eigenvalue weighted by molar-refractivity contribution is 5.82. The predicted molar refractivity (Wildman–Crippen MR) is 457 cm³/mol. The summed E-state index contributed by atoms with van der Waals surface area (Å²) in [6, 6.07) is 127. The summed E-state index contributed by atoms with van der Waals surface area (Å²) in [4.78, 5) is 62.6. The molecule has 0 atom stereocenters. The fourth-order valence-electron chi connectivity index (χ4n) is 13.6. The van der Waals surface area contributed by atoms with E-state index in [1.54, 1.807) is 24.8 Å². The summed E-state index contributed by atoms with van der Waals surface area (Å²) < 4.78 is 0. The lowest BCUT2D eigenvalue weighted by Gasteiger charge is -2.12. The monoisotopic (exact) mass is 1460 g/mol. The van der Waals surface area contributed by atoms with E-state index in [9.17, 15) is 0 Å². The van der Waals surface area contributed by atoms with E-state index in [1.807, 2.05) is 200 Å². The normalized spacial score (nSPS) is 11.0. The number of pyridine rings is 11. The first-order valence-electron chi connectivity index (χ1n) is 37.5. The third-order valence-electron chi connectivity index (χ3n) is 19.6. The highest BCUT2D eigenvalue weighted by Gasteiger charge is 2.17. The van der Waals surface area contributed by atoms with Crippen LogP contribution in [0.15, 0.2) is 407 Å². The van der Waals surface area contributed by atoms with Crippen molar-refractivity contribution < 1.29 is 0 Å². The number of benzene rings is 7. The van der Waals surface area contributed by atoms with E-state index < -0.39 is 0 Å². The van der Waals surface area contributed by atoms with Crippen LogP contribution in [0.3, 0.4) is 0 Å². The van der Waals surface area contributed by atoms with Crippen molar-refractivity contribution in [1.82, 2.24) is 64.8 Å². The second-order valence-corrected chi connectivity index (χ2v) is 27.0. The summed E-state index contributed by atoms with van der Waals surface area (Å²) in [6.45, 7) is 0. The average molecular weight is 1460 g/mol. The van der Waals surface area contributed by atoms with Crippen LogP contribution in [0.5, 0.6) is 0 Å². The van der Waals surface area contributed by atoms with Crippen molar-refractivity contribution in [3.8, 4) is 192 Å². The van der Waals surface area contributed by atoms with Crippen molar-refractivity contribution in [3.63, 3.8) is 0 Å². The van der Waals surface area contributed by atoms with E-state index in [2.05, 4.69) is 207 Å².